The number of sulfonamides is 1. The van der Waals surface area contributed by atoms with Gasteiger partial charge >= 0.3 is 6.36 Å². The third-order valence-electron chi connectivity index (χ3n) is 4.03. The van der Waals surface area contributed by atoms with Crippen LogP contribution in [0, 0.1) is 0 Å². The molecule has 0 aliphatic rings. The van der Waals surface area contributed by atoms with E-state index in [1.807, 2.05) is 0 Å². The number of rotatable bonds is 7. The van der Waals surface area contributed by atoms with Crippen LogP contribution in [0.3, 0.4) is 0 Å². The lowest BCUT2D eigenvalue weighted by atomic mass is 10.0. The molecule has 0 saturated heterocycles. The van der Waals surface area contributed by atoms with Crippen LogP contribution in [0.2, 0.25) is 0 Å². The summed E-state index contributed by atoms with van der Waals surface area (Å²) in [5.41, 5.74) is -1.24. The van der Waals surface area contributed by atoms with Crippen LogP contribution < -0.4 is 9.88 Å². The van der Waals surface area contributed by atoms with Crippen molar-refractivity contribution in [1.82, 2.24) is 25.2 Å². The third kappa shape index (κ3) is 6.44. The molecule has 15 heteroatoms. The first-order valence-electron chi connectivity index (χ1n) is 8.75. The van der Waals surface area contributed by atoms with Crippen molar-refractivity contribution in [2.24, 2.45) is 5.14 Å². The number of halogens is 4. The van der Waals surface area contributed by atoms with Gasteiger partial charge in [0, 0.05) is 4.47 Å². The first kappa shape index (κ1) is 24.0. The summed E-state index contributed by atoms with van der Waals surface area (Å²) in [6.45, 7) is 1.22. The molecule has 2 heterocycles. The summed E-state index contributed by atoms with van der Waals surface area (Å²) in [5, 5.41) is 27.3. The molecule has 172 valence electrons. The molecule has 0 radical (unpaired) electrons. The molecule has 0 saturated carbocycles. The zero-order chi connectivity index (χ0) is 23.7. The number of primary sulfonamides is 1. The molecular formula is C17H16BrF3N6O4S. The van der Waals surface area contributed by atoms with E-state index < -0.39 is 33.5 Å². The minimum absolute atomic E-state index is 0.0279. The molecule has 2 aromatic heterocycles. The molecule has 1 aromatic carbocycles. The van der Waals surface area contributed by atoms with E-state index in [-0.39, 0.29) is 23.8 Å². The van der Waals surface area contributed by atoms with Gasteiger partial charge < -0.3 is 9.84 Å². The zero-order valence-electron chi connectivity index (χ0n) is 16.3. The quantitative estimate of drug-likeness (QED) is 0.465. The summed E-state index contributed by atoms with van der Waals surface area (Å²) in [7, 11) is -3.98. The number of alkyl halides is 3. The number of aromatic nitrogens is 5. The number of benzene rings is 1. The Bertz CT molecular complexity index is 1230. The summed E-state index contributed by atoms with van der Waals surface area (Å²) >= 11 is 3.25. The first-order chi connectivity index (χ1) is 14.7. The van der Waals surface area contributed by atoms with Gasteiger partial charge in [0.15, 0.2) is 0 Å². The van der Waals surface area contributed by atoms with Gasteiger partial charge in [-0.05, 0) is 48.0 Å². The minimum atomic E-state index is -4.83. The highest BCUT2D eigenvalue weighted by Crippen LogP contribution is 2.28. The lowest BCUT2D eigenvalue weighted by molar-refractivity contribution is -0.274. The Morgan fingerprint density at radius 2 is 1.97 bits per heavy atom. The van der Waals surface area contributed by atoms with Crippen molar-refractivity contribution in [2.45, 2.75) is 25.4 Å². The van der Waals surface area contributed by atoms with Crippen molar-refractivity contribution < 1.29 is 31.4 Å². The Morgan fingerprint density at radius 3 is 2.62 bits per heavy atom. The molecule has 0 fully saturated rings. The fourth-order valence-corrected chi connectivity index (χ4v) is 4.06. The maximum atomic E-state index is 12.5. The second-order valence-corrected chi connectivity index (χ2v) is 9.40. The second-order valence-electron chi connectivity index (χ2n) is 6.93. The van der Waals surface area contributed by atoms with Crippen LogP contribution in [-0.4, -0.2) is 50.8 Å². The summed E-state index contributed by atoms with van der Waals surface area (Å²) in [5.74, 6) is -1.10. The van der Waals surface area contributed by atoms with Crippen molar-refractivity contribution in [2.75, 3.05) is 5.75 Å². The normalized spacial score (nSPS) is 14.2. The van der Waals surface area contributed by atoms with Crippen LogP contribution in [0.1, 0.15) is 18.2 Å². The van der Waals surface area contributed by atoms with Gasteiger partial charge in [0.2, 0.25) is 15.8 Å². The standard InChI is InChI=1S/C17H16BrF3N6O4S/c1-16(28,9-32(22,29)30)14-4-2-3-13(23-14)15-24-26-27(25-15)8-10-7-11(5-6-12(10)18)31-17(19,20)21/h2-7,28H,8-9H2,1H3,(H2,22,29,30). The maximum Gasteiger partial charge on any atom is 0.573 e. The van der Waals surface area contributed by atoms with Gasteiger partial charge in [0.1, 0.15) is 17.0 Å². The van der Waals surface area contributed by atoms with Gasteiger partial charge in [-0.25, -0.2) is 18.5 Å². The van der Waals surface area contributed by atoms with E-state index in [0.717, 1.165) is 10.9 Å². The number of pyridine rings is 1. The van der Waals surface area contributed by atoms with Crippen molar-refractivity contribution in [3.8, 4) is 17.3 Å². The molecule has 3 rings (SSSR count). The number of tetrazole rings is 1. The van der Waals surface area contributed by atoms with E-state index in [2.05, 4.69) is 41.1 Å². The number of hydrogen-bond acceptors (Lipinski definition) is 8. The molecule has 3 aromatic rings. The monoisotopic (exact) mass is 536 g/mol. The Kier molecular flexibility index (Phi) is 6.55. The van der Waals surface area contributed by atoms with E-state index in [0.29, 0.717) is 10.0 Å². The van der Waals surface area contributed by atoms with Gasteiger partial charge in [-0.15, -0.1) is 23.4 Å². The smallest absolute Gasteiger partial charge is 0.406 e. The van der Waals surface area contributed by atoms with Crippen molar-refractivity contribution >= 4 is 26.0 Å². The molecule has 0 aliphatic heterocycles. The Balaban J connectivity index is 1.84. The zero-order valence-corrected chi connectivity index (χ0v) is 18.7. The summed E-state index contributed by atoms with van der Waals surface area (Å²) in [4.78, 5) is 5.32. The Morgan fingerprint density at radius 1 is 1.25 bits per heavy atom. The third-order valence-corrected chi connectivity index (χ3v) is 5.77. The summed E-state index contributed by atoms with van der Waals surface area (Å²) in [6, 6.07) is 8.19. The average Bonchev–Trinajstić information content (AvgIpc) is 3.10. The highest BCUT2D eigenvalue weighted by atomic mass is 79.9. The lowest BCUT2D eigenvalue weighted by Crippen LogP contribution is -2.35. The Hall–Kier alpha value is -2.62. The van der Waals surface area contributed by atoms with E-state index in [4.69, 9.17) is 5.14 Å². The SMILES string of the molecule is CC(O)(CS(N)(=O)=O)c1cccc(-c2nnn(Cc3cc(OC(F)(F)F)ccc3Br)n2)n1. The second kappa shape index (κ2) is 8.73. The van der Waals surface area contributed by atoms with Gasteiger partial charge in [0.05, 0.1) is 18.0 Å². The summed E-state index contributed by atoms with van der Waals surface area (Å²) in [6.07, 6.45) is -4.83. The van der Waals surface area contributed by atoms with E-state index in [1.54, 1.807) is 0 Å². The van der Waals surface area contributed by atoms with Crippen LogP contribution >= 0.6 is 15.9 Å². The van der Waals surface area contributed by atoms with Crippen LogP contribution in [0.4, 0.5) is 13.2 Å². The number of aliphatic hydroxyl groups is 1. The van der Waals surface area contributed by atoms with Gasteiger partial charge in [-0.1, -0.05) is 22.0 Å². The van der Waals surface area contributed by atoms with E-state index in [9.17, 15) is 26.7 Å². The van der Waals surface area contributed by atoms with Crippen LogP contribution in [0.5, 0.6) is 5.75 Å². The molecule has 1 atom stereocenters. The number of ether oxygens (including phenoxy) is 1. The molecule has 0 spiro atoms. The molecule has 0 aliphatic carbocycles. The molecule has 3 N–H and O–H groups in total. The number of hydrogen-bond donors (Lipinski definition) is 2. The fourth-order valence-electron chi connectivity index (χ4n) is 2.76. The predicted octanol–water partition coefficient (Wildman–Crippen LogP) is 1.94. The Labute approximate surface area is 188 Å². The minimum Gasteiger partial charge on any atom is -0.406 e. The molecule has 10 nitrogen and oxygen atoms in total. The predicted molar refractivity (Wildman–Crippen MR) is 109 cm³/mol. The maximum absolute atomic E-state index is 12.5. The highest BCUT2D eigenvalue weighted by molar-refractivity contribution is 9.10. The molecule has 0 amide bonds. The fraction of sp³-hybridized carbons (Fsp3) is 0.294. The van der Waals surface area contributed by atoms with Crippen LogP contribution in [-0.2, 0) is 22.2 Å². The number of nitrogens with two attached hydrogens (primary N) is 1. The van der Waals surface area contributed by atoms with Crippen molar-refractivity contribution in [3.63, 3.8) is 0 Å². The van der Waals surface area contributed by atoms with Gasteiger partial charge in [-0.3, -0.25) is 0 Å². The average molecular weight is 537 g/mol. The molecule has 0 bridgehead atoms. The topological polar surface area (TPSA) is 146 Å². The van der Waals surface area contributed by atoms with Crippen molar-refractivity contribution in [3.05, 3.63) is 52.1 Å². The lowest BCUT2D eigenvalue weighted by Gasteiger charge is -2.21. The molecule has 32 heavy (non-hydrogen) atoms. The summed E-state index contributed by atoms with van der Waals surface area (Å²) < 4.78 is 64.5. The van der Waals surface area contributed by atoms with Crippen LogP contribution in [0.25, 0.3) is 11.5 Å². The highest BCUT2D eigenvalue weighted by Gasteiger charge is 2.32. The van der Waals surface area contributed by atoms with Gasteiger partial charge in [-0.2, -0.15) is 4.80 Å². The number of nitrogens with zero attached hydrogens (tertiary/aromatic N) is 5. The molecular weight excluding hydrogens is 521 g/mol. The van der Waals surface area contributed by atoms with E-state index >= 15 is 0 Å². The van der Waals surface area contributed by atoms with Crippen LogP contribution in [0.15, 0.2) is 40.9 Å². The van der Waals surface area contributed by atoms with Gasteiger partial charge in [0.25, 0.3) is 0 Å². The molecule has 1 unspecified atom stereocenters. The van der Waals surface area contributed by atoms with E-state index in [1.165, 1.54) is 37.3 Å². The first-order valence-corrected chi connectivity index (χ1v) is 11.3. The largest absolute Gasteiger partial charge is 0.573 e. The van der Waals surface area contributed by atoms with Crippen molar-refractivity contribution in [1.29, 1.82) is 0 Å².